The van der Waals surface area contributed by atoms with E-state index in [-0.39, 0.29) is 6.61 Å². The molecule has 0 radical (unpaired) electrons. The van der Waals surface area contributed by atoms with Crippen LogP contribution in [0.5, 0.6) is 5.75 Å². The second-order valence-corrected chi connectivity index (χ2v) is 6.98. The molecule has 0 fully saturated rings. The zero-order valence-corrected chi connectivity index (χ0v) is 15.8. The van der Waals surface area contributed by atoms with Crippen LogP contribution in [0.4, 0.5) is 0 Å². The van der Waals surface area contributed by atoms with Gasteiger partial charge in [-0.15, -0.1) is 0 Å². The lowest BCUT2D eigenvalue weighted by Crippen LogP contribution is -1.99. The largest absolute Gasteiger partial charge is 0.485 e. The van der Waals surface area contributed by atoms with E-state index in [1.807, 2.05) is 59.3 Å². The van der Waals surface area contributed by atoms with E-state index in [9.17, 15) is 0 Å². The highest BCUT2D eigenvalue weighted by molar-refractivity contribution is 6.36. The second-order valence-electron chi connectivity index (χ2n) is 5.73. The molecule has 2 aromatic carbocycles. The topological polar surface area (TPSA) is 26.5 Å². The van der Waals surface area contributed by atoms with Gasteiger partial charge in [-0.1, -0.05) is 53.0 Å². The summed E-state index contributed by atoms with van der Waals surface area (Å²) in [5.74, 6) is 0.656. The predicted molar refractivity (Wildman–Crippen MR) is 106 cm³/mol. The highest BCUT2D eigenvalue weighted by atomic mass is 35.5. The maximum absolute atomic E-state index is 6.21. The molecule has 0 N–H and O–H groups in total. The normalized spacial score (nSPS) is 11.0. The first-order valence-corrected chi connectivity index (χ1v) is 9.04. The highest BCUT2D eigenvalue weighted by Crippen LogP contribution is 2.29. The van der Waals surface area contributed by atoms with Gasteiger partial charge in [-0.05, 0) is 36.4 Å². The quantitative estimate of drug-likeness (QED) is 0.387. The summed E-state index contributed by atoms with van der Waals surface area (Å²) in [6.45, 7) is 0.265. The molecule has 0 amide bonds. The molecule has 0 atom stereocenters. The fraction of sp³-hybridized carbons (Fsp3) is 0.0500. The molecular weight excluding hydrogens is 391 g/mol. The molecule has 0 bridgehead atoms. The van der Waals surface area contributed by atoms with Gasteiger partial charge in [0.1, 0.15) is 6.61 Å². The van der Waals surface area contributed by atoms with Crippen LogP contribution in [0.3, 0.4) is 0 Å². The maximum atomic E-state index is 6.21. The van der Waals surface area contributed by atoms with E-state index >= 15 is 0 Å². The number of nitrogens with zero attached hydrogens (tertiary/aromatic N) is 2. The smallest absolute Gasteiger partial charge is 0.180 e. The molecule has 2 aromatic heterocycles. The molecule has 3 nitrogen and oxygen atoms in total. The Morgan fingerprint density at radius 2 is 1.62 bits per heavy atom. The van der Waals surface area contributed by atoms with Crippen molar-refractivity contribution in [3.8, 4) is 17.0 Å². The van der Waals surface area contributed by atoms with Crippen molar-refractivity contribution in [1.29, 1.82) is 0 Å². The van der Waals surface area contributed by atoms with E-state index in [2.05, 4.69) is 0 Å². The van der Waals surface area contributed by atoms with Crippen LogP contribution in [-0.4, -0.2) is 9.38 Å². The first kappa shape index (κ1) is 17.2. The molecule has 26 heavy (non-hydrogen) atoms. The van der Waals surface area contributed by atoms with E-state index in [1.54, 1.807) is 12.1 Å². The van der Waals surface area contributed by atoms with Crippen LogP contribution >= 0.6 is 34.8 Å². The summed E-state index contributed by atoms with van der Waals surface area (Å²) >= 11 is 18.4. The van der Waals surface area contributed by atoms with Gasteiger partial charge in [-0.3, -0.25) is 0 Å². The van der Waals surface area contributed by atoms with Gasteiger partial charge in [-0.25, -0.2) is 4.98 Å². The van der Waals surface area contributed by atoms with Gasteiger partial charge in [0.05, 0.1) is 5.69 Å². The summed E-state index contributed by atoms with van der Waals surface area (Å²) in [7, 11) is 0. The van der Waals surface area contributed by atoms with Crippen LogP contribution in [-0.2, 0) is 6.61 Å². The highest BCUT2D eigenvalue weighted by Gasteiger charge is 2.11. The van der Waals surface area contributed by atoms with Crippen molar-refractivity contribution in [3.63, 3.8) is 0 Å². The summed E-state index contributed by atoms with van der Waals surface area (Å²) < 4.78 is 7.89. The monoisotopic (exact) mass is 402 g/mol. The molecule has 6 heteroatoms. The molecule has 0 unspecified atom stereocenters. The lowest BCUT2D eigenvalue weighted by Gasteiger charge is -2.10. The van der Waals surface area contributed by atoms with Crippen molar-refractivity contribution >= 4 is 40.4 Å². The van der Waals surface area contributed by atoms with Gasteiger partial charge < -0.3 is 9.14 Å². The molecule has 130 valence electrons. The van der Waals surface area contributed by atoms with Crippen molar-refractivity contribution in [1.82, 2.24) is 9.38 Å². The summed E-state index contributed by atoms with van der Waals surface area (Å²) in [4.78, 5) is 4.70. The number of rotatable bonds is 4. The Kier molecular flexibility index (Phi) is 4.77. The molecule has 4 aromatic rings. The molecule has 0 aliphatic heterocycles. The Balaban J connectivity index is 1.66. The molecule has 0 saturated carbocycles. The van der Waals surface area contributed by atoms with Crippen molar-refractivity contribution in [2.45, 2.75) is 6.61 Å². The summed E-state index contributed by atoms with van der Waals surface area (Å²) in [5.41, 5.74) is 3.30. The van der Waals surface area contributed by atoms with Crippen LogP contribution in [0.15, 0.2) is 67.0 Å². The number of ether oxygens (including phenoxy) is 1. The number of fused-ring (bicyclic) bond motifs is 1. The maximum Gasteiger partial charge on any atom is 0.180 e. The van der Waals surface area contributed by atoms with Gasteiger partial charge in [0.25, 0.3) is 0 Å². The van der Waals surface area contributed by atoms with E-state index in [0.29, 0.717) is 20.8 Å². The number of pyridine rings is 1. The minimum atomic E-state index is 0.265. The van der Waals surface area contributed by atoms with Crippen molar-refractivity contribution in [2.75, 3.05) is 0 Å². The minimum Gasteiger partial charge on any atom is -0.485 e. The zero-order chi connectivity index (χ0) is 18.1. The second kappa shape index (κ2) is 7.20. The summed E-state index contributed by atoms with van der Waals surface area (Å²) in [6, 6.07) is 16.7. The minimum absolute atomic E-state index is 0.265. The number of halogens is 3. The number of aromatic nitrogens is 2. The molecule has 0 saturated heterocycles. The Hall–Kier alpha value is -2.20. The third-order valence-corrected chi connectivity index (χ3v) is 4.98. The molecule has 0 aliphatic carbocycles. The van der Waals surface area contributed by atoms with Gasteiger partial charge in [0.2, 0.25) is 0 Å². The first-order chi connectivity index (χ1) is 12.6. The van der Waals surface area contributed by atoms with Gasteiger partial charge in [-0.2, -0.15) is 0 Å². The Labute approximate surface area is 165 Å². The van der Waals surface area contributed by atoms with E-state index < -0.39 is 0 Å². The van der Waals surface area contributed by atoms with Gasteiger partial charge >= 0.3 is 0 Å². The summed E-state index contributed by atoms with van der Waals surface area (Å²) in [6.07, 6.45) is 3.88. The number of hydrogen-bond acceptors (Lipinski definition) is 2. The average Bonchev–Trinajstić information content (AvgIpc) is 3.07. The number of imidazole rings is 1. The third kappa shape index (κ3) is 3.38. The molecule has 2 heterocycles. The van der Waals surface area contributed by atoms with Crippen LogP contribution in [0.25, 0.3) is 16.9 Å². The standard InChI is InChI=1S/C20H13Cl3N2O/c21-14-8-6-13(7-9-14)18-11-25-10-2-5-19(20(25)24-18)26-12-15-16(22)3-1-4-17(15)23/h1-11H,12H2. The predicted octanol–water partition coefficient (Wildman–Crippen LogP) is 6.54. The van der Waals surface area contributed by atoms with Crippen LogP contribution in [0.1, 0.15) is 5.56 Å². The van der Waals surface area contributed by atoms with Gasteiger partial charge in [0, 0.05) is 38.6 Å². The molecule has 0 spiro atoms. The van der Waals surface area contributed by atoms with Crippen molar-refractivity contribution in [2.24, 2.45) is 0 Å². The van der Waals surface area contributed by atoms with Crippen LogP contribution < -0.4 is 4.74 Å². The Morgan fingerprint density at radius 3 is 2.35 bits per heavy atom. The fourth-order valence-corrected chi connectivity index (χ4v) is 3.31. The van der Waals surface area contributed by atoms with E-state index in [0.717, 1.165) is 22.5 Å². The first-order valence-electron chi connectivity index (χ1n) is 7.91. The lowest BCUT2D eigenvalue weighted by molar-refractivity contribution is 0.308. The van der Waals surface area contributed by atoms with E-state index in [4.69, 9.17) is 44.5 Å². The molecule has 4 rings (SSSR count). The van der Waals surface area contributed by atoms with Crippen LogP contribution in [0.2, 0.25) is 15.1 Å². The van der Waals surface area contributed by atoms with E-state index in [1.165, 1.54) is 0 Å². The van der Waals surface area contributed by atoms with Gasteiger partial charge in [0.15, 0.2) is 11.4 Å². The molecule has 0 aliphatic rings. The summed E-state index contributed by atoms with van der Waals surface area (Å²) in [5, 5.41) is 1.85. The average molecular weight is 404 g/mol. The number of benzene rings is 2. The Bertz CT molecular complexity index is 1050. The number of hydrogen-bond donors (Lipinski definition) is 0. The Morgan fingerprint density at radius 1 is 0.885 bits per heavy atom. The zero-order valence-electron chi connectivity index (χ0n) is 13.5. The SMILES string of the molecule is Clc1ccc(-c2cn3cccc(OCc4c(Cl)cccc4Cl)c3n2)cc1. The van der Waals surface area contributed by atoms with Crippen LogP contribution in [0, 0.1) is 0 Å². The van der Waals surface area contributed by atoms with Crippen molar-refractivity contribution in [3.05, 3.63) is 87.6 Å². The van der Waals surface area contributed by atoms with Crippen molar-refractivity contribution < 1.29 is 4.74 Å². The third-order valence-electron chi connectivity index (χ3n) is 4.02. The lowest BCUT2D eigenvalue weighted by atomic mass is 10.2. The molecular formula is C20H13Cl3N2O. The fourth-order valence-electron chi connectivity index (χ4n) is 2.68.